The maximum Gasteiger partial charge on any atom is 0.326 e. The number of carbonyl (C=O) groups excluding carboxylic acids is 1. The first-order valence-corrected chi connectivity index (χ1v) is 7.45. The van der Waals surface area contributed by atoms with Crippen LogP contribution >= 0.6 is 0 Å². The van der Waals surface area contributed by atoms with Gasteiger partial charge in [-0.3, -0.25) is 4.79 Å². The normalized spacial score (nSPS) is 18.9. The zero-order valence-corrected chi connectivity index (χ0v) is 12.2. The summed E-state index contributed by atoms with van der Waals surface area (Å²) >= 11 is 0. The highest BCUT2D eigenvalue weighted by molar-refractivity contribution is 5.85. The second-order valence-electron chi connectivity index (χ2n) is 5.69. The van der Waals surface area contributed by atoms with Crippen molar-refractivity contribution < 1.29 is 14.7 Å². The summed E-state index contributed by atoms with van der Waals surface area (Å²) in [6.45, 7) is 1.67. The molecule has 1 aromatic rings. The number of hydrogen-bond donors (Lipinski definition) is 2. The molecule has 2 rings (SSSR count). The SMILES string of the molecule is CC(C(=O)NC(CC1CCCCC1)C(=O)O)n1cncn1. The molecule has 21 heavy (non-hydrogen) atoms. The summed E-state index contributed by atoms with van der Waals surface area (Å²) in [6.07, 6.45) is 8.94. The van der Waals surface area contributed by atoms with Gasteiger partial charge in [-0.25, -0.2) is 14.5 Å². The van der Waals surface area contributed by atoms with Gasteiger partial charge in [0.05, 0.1) is 0 Å². The van der Waals surface area contributed by atoms with Crippen molar-refractivity contribution in [3.63, 3.8) is 0 Å². The van der Waals surface area contributed by atoms with Crippen molar-refractivity contribution in [1.29, 1.82) is 0 Å². The Balaban J connectivity index is 1.92. The number of hydrogen-bond acceptors (Lipinski definition) is 4. The van der Waals surface area contributed by atoms with Gasteiger partial charge in [-0.05, 0) is 19.3 Å². The van der Waals surface area contributed by atoms with Crippen LogP contribution in [0.5, 0.6) is 0 Å². The van der Waals surface area contributed by atoms with Gasteiger partial charge >= 0.3 is 5.97 Å². The highest BCUT2D eigenvalue weighted by Gasteiger charge is 2.27. The first kappa shape index (κ1) is 15.5. The van der Waals surface area contributed by atoms with Crippen molar-refractivity contribution >= 4 is 11.9 Å². The third-order valence-electron chi connectivity index (χ3n) is 4.12. The van der Waals surface area contributed by atoms with Crippen LogP contribution in [0.1, 0.15) is 51.5 Å². The predicted molar refractivity (Wildman–Crippen MR) is 75.5 cm³/mol. The molecule has 0 aromatic carbocycles. The molecular formula is C14H22N4O3. The molecule has 1 aromatic heterocycles. The van der Waals surface area contributed by atoms with Gasteiger partial charge in [-0.1, -0.05) is 32.1 Å². The Bertz CT molecular complexity index is 469. The van der Waals surface area contributed by atoms with E-state index in [0.29, 0.717) is 12.3 Å². The Morgan fingerprint density at radius 3 is 2.67 bits per heavy atom. The van der Waals surface area contributed by atoms with E-state index in [1.54, 1.807) is 6.92 Å². The van der Waals surface area contributed by atoms with E-state index in [1.807, 2.05) is 0 Å². The predicted octanol–water partition coefficient (Wildman–Crippen LogP) is 1.38. The standard InChI is InChI=1S/C14H22N4O3/c1-10(18-9-15-8-16-18)13(19)17-12(14(20)21)7-11-5-3-2-4-6-11/h8-12H,2-7H2,1H3,(H,17,19)(H,20,21). The van der Waals surface area contributed by atoms with Crippen LogP contribution in [0.2, 0.25) is 0 Å². The number of carboxylic acid groups (broad SMARTS) is 1. The molecule has 1 saturated carbocycles. The summed E-state index contributed by atoms with van der Waals surface area (Å²) in [5, 5.41) is 15.8. The maximum atomic E-state index is 12.1. The molecule has 116 valence electrons. The number of rotatable bonds is 6. The highest BCUT2D eigenvalue weighted by Crippen LogP contribution is 2.27. The molecule has 2 unspecified atom stereocenters. The molecule has 0 bridgehead atoms. The number of aliphatic carboxylic acids is 1. The van der Waals surface area contributed by atoms with Crippen molar-refractivity contribution in [2.24, 2.45) is 5.92 Å². The van der Waals surface area contributed by atoms with Crippen LogP contribution in [0, 0.1) is 5.92 Å². The lowest BCUT2D eigenvalue weighted by Gasteiger charge is -2.25. The van der Waals surface area contributed by atoms with Crippen LogP contribution in [0.4, 0.5) is 0 Å². The van der Waals surface area contributed by atoms with E-state index in [-0.39, 0.29) is 5.91 Å². The largest absolute Gasteiger partial charge is 0.480 e. The third kappa shape index (κ3) is 4.27. The van der Waals surface area contributed by atoms with E-state index in [0.717, 1.165) is 25.7 Å². The molecule has 1 fully saturated rings. The van der Waals surface area contributed by atoms with Crippen molar-refractivity contribution in [3.8, 4) is 0 Å². The fraction of sp³-hybridized carbons (Fsp3) is 0.714. The Morgan fingerprint density at radius 2 is 2.10 bits per heavy atom. The van der Waals surface area contributed by atoms with Crippen molar-refractivity contribution in [2.45, 2.75) is 57.5 Å². The lowest BCUT2D eigenvalue weighted by molar-refractivity contribution is -0.143. The summed E-state index contributed by atoms with van der Waals surface area (Å²) in [5.74, 6) is -0.926. The van der Waals surface area contributed by atoms with Gasteiger partial charge in [0.2, 0.25) is 5.91 Å². The molecule has 0 aliphatic heterocycles. The maximum absolute atomic E-state index is 12.1. The van der Waals surface area contributed by atoms with Crippen molar-refractivity contribution in [1.82, 2.24) is 20.1 Å². The van der Waals surface area contributed by atoms with Crippen LogP contribution in [-0.2, 0) is 9.59 Å². The number of nitrogens with zero attached hydrogens (tertiary/aromatic N) is 3. The molecule has 1 heterocycles. The van der Waals surface area contributed by atoms with E-state index < -0.39 is 18.1 Å². The van der Waals surface area contributed by atoms with E-state index in [4.69, 9.17) is 0 Å². The van der Waals surface area contributed by atoms with Crippen LogP contribution < -0.4 is 5.32 Å². The van der Waals surface area contributed by atoms with E-state index in [9.17, 15) is 14.7 Å². The number of amides is 1. The lowest BCUT2D eigenvalue weighted by atomic mass is 9.85. The fourth-order valence-electron chi connectivity index (χ4n) is 2.81. The van der Waals surface area contributed by atoms with Gasteiger partial charge in [-0.15, -0.1) is 0 Å². The zero-order chi connectivity index (χ0) is 15.2. The number of carbonyl (C=O) groups is 2. The van der Waals surface area contributed by atoms with Gasteiger partial charge in [0.15, 0.2) is 0 Å². The second kappa shape index (κ2) is 7.19. The summed E-state index contributed by atoms with van der Waals surface area (Å²) in [6, 6.07) is -1.40. The van der Waals surface area contributed by atoms with Crippen LogP contribution in [0.25, 0.3) is 0 Å². The van der Waals surface area contributed by atoms with E-state index >= 15 is 0 Å². The topological polar surface area (TPSA) is 97.1 Å². The Morgan fingerprint density at radius 1 is 1.38 bits per heavy atom. The molecule has 7 heteroatoms. The van der Waals surface area contributed by atoms with Gasteiger partial charge in [0.25, 0.3) is 0 Å². The molecule has 2 atom stereocenters. The molecule has 0 radical (unpaired) electrons. The molecule has 1 aliphatic carbocycles. The van der Waals surface area contributed by atoms with Crippen molar-refractivity contribution in [2.75, 3.05) is 0 Å². The zero-order valence-electron chi connectivity index (χ0n) is 12.2. The summed E-state index contributed by atoms with van der Waals surface area (Å²) < 4.78 is 1.41. The molecule has 7 nitrogen and oxygen atoms in total. The second-order valence-corrected chi connectivity index (χ2v) is 5.69. The third-order valence-corrected chi connectivity index (χ3v) is 4.12. The molecule has 0 saturated heterocycles. The first-order valence-electron chi connectivity index (χ1n) is 7.45. The number of nitrogens with one attached hydrogen (secondary N) is 1. The smallest absolute Gasteiger partial charge is 0.326 e. The Kier molecular flexibility index (Phi) is 5.30. The van der Waals surface area contributed by atoms with Gasteiger partial charge in [-0.2, -0.15) is 5.10 Å². The summed E-state index contributed by atoms with van der Waals surface area (Å²) in [7, 11) is 0. The first-order chi connectivity index (χ1) is 10.1. The minimum atomic E-state index is -0.972. The molecule has 1 amide bonds. The van der Waals surface area contributed by atoms with E-state index in [2.05, 4.69) is 15.4 Å². The number of carboxylic acids is 1. The lowest BCUT2D eigenvalue weighted by Crippen LogP contribution is -2.44. The quantitative estimate of drug-likeness (QED) is 0.826. The van der Waals surface area contributed by atoms with Crippen LogP contribution in [0.15, 0.2) is 12.7 Å². The van der Waals surface area contributed by atoms with Crippen molar-refractivity contribution in [3.05, 3.63) is 12.7 Å². The number of aromatic nitrogens is 3. The monoisotopic (exact) mass is 294 g/mol. The molecule has 2 N–H and O–H groups in total. The average Bonchev–Trinajstić information content (AvgIpc) is 3.00. The Hall–Kier alpha value is -1.92. The Labute approximate surface area is 123 Å². The molecule has 1 aliphatic rings. The van der Waals surface area contributed by atoms with Gasteiger partial charge in [0, 0.05) is 0 Å². The summed E-state index contributed by atoms with van der Waals surface area (Å²) in [5.41, 5.74) is 0. The average molecular weight is 294 g/mol. The highest BCUT2D eigenvalue weighted by atomic mass is 16.4. The van der Waals surface area contributed by atoms with Gasteiger partial charge < -0.3 is 10.4 Å². The van der Waals surface area contributed by atoms with Crippen LogP contribution in [0.3, 0.4) is 0 Å². The van der Waals surface area contributed by atoms with Gasteiger partial charge in [0.1, 0.15) is 24.7 Å². The van der Waals surface area contributed by atoms with E-state index in [1.165, 1.54) is 23.8 Å². The summed E-state index contributed by atoms with van der Waals surface area (Å²) in [4.78, 5) is 27.3. The molecule has 0 spiro atoms. The minimum absolute atomic E-state index is 0.344. The molecular weight excluding hydrogens is 272 g/mol. The fourth-order valence-corrected chi connectivity index (χ4v) is 2.81. The van der Waals surface area contributed by atoms with Crippen LogP contribution in [-0.4, -0.2) is 37.8 Å². The minimum Gasteiger partial charge on any atom is -0.480 e.